The van der Waals surface area contributed by atoms with Crippen LogP contribution in [-0.2, 0) is 0 Å². The molecule has 2 aromatic rings. The van der Waals surface area contributed by atoms with Gasteiger partial charge in [0.1, 0.15) is 11.3 Å². The van der Waals surface area contributed by atoms with E-state index < -0.39 is 0 Å². The fraction of sp³-hybridized carbons (Fsp3) is 0.100. The number of phenols is 1. The van der Waals surface area contributed by atoms with Crippen LogP contribution in [-0.4, -0.2) is 15.8 Å². The molecule has 0 aliphatic carbocycles. The summed E-state index contributed by atoms with van der Waals surface area (Å²) in [5.74, 6) is 1.10. The zero-order valence-corrected chi connectivity index (χ0v) is 9.07. The number of fused-ring (bicyclic) bond motifs is 1. The van der Waals surface area contributed by atoms with Crippen molar-refractivity contribution in [1.82, 2.24) is 4.98 Å². The van der Waals surface area contributed by atoms with E-state index in [9.17, 15) is 5.11 Å². The molecule has 0 fully saturated rings. The molecule has 0 spiro atoms. The number of para-hydroxylation sites is 1. The van der Waals surface area contributed by atoms with Crippen molar-refractivity contribution < 1.29 is 5.11 Å². The van der Waals surface area contributed by atoms with Crippen molar-refractivity contribution in [3.63, 3.8) is 0 Å². The van der Waals surface area contributed by atoms with Crippen molar-refractivity contribution in [2.75, 3.05) is 5.75 Å². The van der Waals surface area contributed by atoms with Gasteiger partial charge in [0.05, 0.1) is 4.70 Å². The molecular formula is C10H9NOS2. The second-order valence-electron chi connectivity index (χ2n) is 2.70. The lowest BCUT2D eigenvalue weighted by molar-refractivity contribution is 0.480. The van der Waals surface area contributed by atoms with Crippen LogP contribution >= 0.6 is 23.1 Å². The van der Waals surface area contributed by atoms with Crippen LogP contribution < -0.4 is 0 Å². The van der Waals surface area contributed by atoms with E-state index in [1.165, 1.54) is 0 Å². The maximum absolute atomic E-state index is 9.52. The monoisotopic (exact) mass is 223 g/mol. The van der Waals surface area contributed by atoms with Gasteiger partial charge in [-0.15, -0.1) is 17.9 Å². The molecule has 1 aromatic carbocycles. The van der Waals surface area contributed by atoms with E-state index in [1.54, 1.807) is 29.2 Å². The average molecular weight is 223 g/mol. The first-order valence-corrected chi connectivity index (χ1v) is 5.93. The first-order valence-electron chi connectivity index (χ1n) is 4.13. The number of phenolic OH excluding ortho intramolecular Hbond substituents is 1. The molecule has 0 aliphatic heterocycles. The molecule has 0 unspecified atom stereocenters. The topological polar surface area (TPSA) is 33.1 Å². The van der Waals surface area contributed by atoms with Crippen LogP contribution in [0, 0.1) is 0 Å². The molecule has 1 aromatic heterocycles. The highest BCUT2D eigenvalue weighted by Crippen LogP contribution is 2.33. The second kappa shape index (κ2) is 4.02. The summed E-state index contributed by atoms with van der Waals surface area (Å²) in [5, 5.41) is 9.52. The maximum Gasteiger partial charge on any atom is 0.151 e. The summed E-state index contributed by atoms with van der Waals surface area (Å²) < 4.78 is 2.00. The van der Waals surface area contributed by atoms with Crippen molar-refractivity contribution in [2.24, 2.45) is 0 Å². The van der Waals surface area contributed by atoms with Crippen molar-refractivity contribution in [3.05, 3.63) is 30.9 Å². The van der Waals surface area contributed by atoms with Crippen LogP contribution in [0.25, 0.3) is 10.2 Å². The number of rotatable bonds is 3. The van der Waals surface area contributed by atoms with Gasteiger partial charge in [-0.3, -0.25) is 0 Å². The Labute approximate surface area is 90.3 Å². The minimum Gasteiger partial charge on any atom is -0.506 e. The number of thiazole rings is 1. The molecule has 72 valence electrons. The van der Waals surface area contributed by atoms with Crippen LogP contribution in [0.3, 0.4) is 0 Å². The van der Waals surface area contributed by atoms with Gasteiger partial charge >= 0.3 is 0 Å². The van der Waals surface area contributed by atoms with Crippen molar-refractivity contribution in [3.8, 4) is 5.75 Å². The summed E-state index contributed by atoms with van der Waals surface area (Å²) in [4.78, 5) is 4.33. The van der Waals surface area contributed by atoms with E-state index in [0.29, 0.717) is 5.52 Å². The van der Waals surface area contributed by atoms with Gasteiger partial charge in [-0.1, -0.05) is 23.9 Å². The Morgan fingerprint density at radius 1 is 1.57 bits per heavy atom. The summed E-state index contributed by atoms with van der Waals surface area (Å²) in [6, 6.07) is 5.45. The van der Waals surface area contributed by atoms with Crippen molar-refractivity contribution >= 4 is 33.3 Å². The highest BCUT2D eigenvalue weighted by atomic mass is 32.2. The minimum absolute atomic E-state index is 0.254. The molecular weight excluding hydrogens is 214 g/mol. The van der Waals surface area contributed by atoms with Crippen LogP contribution in [0.4, 0.5) is 0 Å². The molecule has 14 heavy (non-hydrogen) atoms. The molecule has 0 bridgehead atoms. The van der Waals surface area contributed by atoms with Gasteiger partial charge < -0.3 is 5.11 Å². The predicted molar refractivity (Wildman–Crippen MR) is 62.2 cm³/mol. The Balaban J connectivity index is 2.41. The summed E-state index contributed by atoms with van der Waals surface area (Å²) in [5.41, 5.74) is 0.698. The standard InChI is InChI=1S/C10H9NOS2/c1-2-6-13-10-11-9-7(12)4-3-5-8(9)14-10/h2-5,12H,1,6H2. The summed E-state index contributed by atoms with van der Waals surface area (Å²) in [6.45, 7) is 3.65. The maximum atomic E-state index is 9.52. The molecule has 0 saturated carbocycles. The third-order valence-electron chi connectivity index (χ3n) is 1.70. The van der Waals surface area contributed by atoms with Gasteiger partial charge in [-0.25, -0.2) is 4.98 Å². The lowest BCUT2D eigenvalue weighted by Gasteiger charge is -1.89. The average Bonchev–Trinajstić information content (AvgIpc) is 2.59. The number of benzene rings is 1. The zero-order valence-electron chi connectivity index (χ0n) is 7.43. The molecule has 4 heteroatoms. The fourth-order valence-electron chi connectivity index (χ4n) is 1.11. The zero-order chi connectivity index (χ0) is 9.97. The van der Waals surface area contributed by atoms with E-state index in [1.807, 2.05) is 18.2 Å². The SMILES string of the molecule is C=CCSc1nc2c(O)cccc2s1. The summed E-state index contributed by atoms with van der Waals surface area (Å²) in [6.07, 6.45) is 1.84. The van der Waals surface area contributed by atoms with Gasteiger partial charge in [0, 0.05) is 5.75 Å². The third kappa shape index (κ3) is 1.76. The largest absolute Gasteiger partial charge is 0.506 e. The Kier molecular flexibility index (Phi) is 2.74. The van der Waals surface area contributed by atoms with Gasteiger partial charge in [0.25, 0.3) is 0 Å². The molecule has 1 heterocycles. The summed E-state index contributed by atoms with van der Waals surface area (Å²) in [7, 11) is 0. The molecule has 2 rings (SSSR count). The number of aromatic nitrogens is 1. The lowest BCUT2D eigenvalue weighted by atomic mass is 10.3. The minimum atomic E-state index is 0.254. The number of aromatic hydroxyl groups is 1. The van der Waals surface area contributed by atoms with E-state index in [4.69, 9.17) is 0 Å². The third-order valence-corrected chi connectivity index (χ3v) is 3.86. The fourth-order valence-corrected chi connectivity index (χ4v) is 2.95. The normalized spacial score (nSPS) is 10.6. The smallest absolute Gasteiger partial charge is 0.151 e. The Bertz CT molecular complexity index is 464. The highest BCUT2D eigenvalue weighted by molar-refractivity contribution is 8.01. The van der Waals surface area contributed by atoms with E-state index in [-0.39, 0.29) is 5.75 Å². The molecule has 0 saturated heterocycles. The lowest BCUT2D eigenvalue weighted by Crippen LogP contribution is -1.71. The molecule has 1 N–H and O–H groups in total. The first-order chi connectivity index (χ1) is 6.81. The second-order valence-corrected chi connectivity index (χ2v) is 5.00. The molecule has 0 atom stereocenters. The molecule has 0 amide bonds. The van der Waals surface area contributed by atoms with E-state index in [2.05, 4.69) is 11.6 Å². The van der Waals surface area contributed by atoms with Gasteiger partial charge in [0.15, 0.2) is 4.34 Å². The van der Waals surface area contributed by atoms with Gasteiger partial charge in [0.2, 0.25) is 0 Å². The number of nitrogens with zero attached hydrogens (tertiary/aromatic N) is 1. The van der Waals surface area contributed by atoms with Gasteiger partial charge in [-0.2, -0.15) is 0 Å². The predicted octanol–water partition coefficient (Wildman–Crippen LogP) is 3.28. The Hall–Kier alpha value is -1.000. The van der Waals surface area contributed by atoms with E-state index >= 15 is 0 Å². The van der Waals surface area contributed by atoms with E-state index in [0.717, 1.165) is 14.8 Å². The van der Waals surface area contributed by atoms with Crippen molar-refractivity contribution in [1.29, 1.82) is 0 Å². The number of hydrogen-bond acceptors (Lipinski definition) is 4. The Morgan fingerprint density at radius 2 is 2.43 bits per heavy atom. The van der Waals surface area contributed by atoms with Crippen LogP contribution in [0.2, 0.25) is 0 Å². The van der Waals surface area contributed by atoms with Crippen LogP contribution in [0.5, 0.6) is 5.75 Å². The summed E-state index contributed by atoms with van der Waals surface area (Å²) >= 11 is 3.23. The molecule has 0 radical (unpaired) electrons. The van der Waals surface area contributed by atoms with Crippen molar-refractivity contribution in [2.45, 2.75) is 4.34 Å². The number of thioether (sulfide) groups is 1. The van der Waals surface area contributed by atoms with Crippen LogP contribution in [0.1, 0.15) is 0 Å². The quantitative estimate of drug-likeness (QED) is 0.640. The molecule has 2 nitrogen and oxygen atoms in total. The van der Waals surface area contributed by atoms with Crippen LogP contribution in [0.15, 0.2) is 35.2 Å². The first kappa shape index (κ1) is 9.55. The highest BCUT2D eigenvalue weighted by Gasteiger charge is 2.06. The van der Waals surface area contributed by atoms with Gasteiger partial charge in [-0.05, 0) is 12.1 Å². The number of hydrogen-bond donors (Lipinski definition) is 1. The Morgan fingerprint density at radius 3 is 3.14 bits per heavy atom. The molecule has 0 aliphatic rings.